The van der Waals surface area contributed by atoms with E-state index in [1.165, 1.54) is 6.07 Å². The fraction of sp³-hybridized carbons (Fsp3) is 0. The highest BCUT2D eigenvalue weighted by Gasteiger charge is 1.95. The van der Waals surface area contributed by atoms with Gasteiger partial charge in [0.1, 0.15) is 0 Å². The summed E-state index contributed by atoms with van der Waals surface area (Å²) in [7, 11) is 0. The summed E-state index contributed by atoms with van der Waals surface area (Å²) in [5.74, 6) is 0.355. The van der Waals surface area contributed by atoms with Crippen molar-refractivity contribution in [1.82, 2.24) is 9.97 Å². The lowest BCUT2D eigenvalue weighted by Gasteiger charge is -1.99. The Bertz CT molecular complexity index is 576. The van der Waals surface area contributed by atoms with E-state index in [9.17, 15) is 4.79 Å². The van der Waals surface area contributed by atoms with Crippen LogP contribution in [0.5, 0.6) is 0 Å². The second-order valence-electron chi connectivity index (χ2n) is 3.30. The lowest BCUT2D eigenvalue weighted by atomic mass is 10.2. The molecule has 0 spiro atoms. The Morgan fingerprint density at radius 3 is 2.82 bits per heavy atom. The first kappa shape index (κ1) is 10.9. The summed E-state index contributed by atoms with van der Waals surface area (Å²) in [6, 6.07) is 10.8. The zero-order valence-electron chi connectivity index (χ0n) is 8.92. The Kier molecular flexibility index (Phi) is 3.15. The number of hydrazone groups is 1. The molecule has 0 atom stereocenters. The fourth-order valence-electron chi connectivity index (χ4n) is 1.25. The zero-order valence-corrected chi connectivity index (χ0v) is 8.92. The van der Waals surface area contributed by atoms with Gasteiger partial charge in [-0.05, 0) is 5.56 Å². The average molecular weight is 229 g/mol. The molecule has 2 aromatic rings. The molecule has 0 unspecified atom stereocenters. The van der Waals surface area contributed by atoms with Crippen LogP contribution < -0.4 is 16.7 Å². The van der Waals surface area contributed by atoms with Gasteiger partial charge in [0.2, 0.25) is 5.95 Å². The highest BCUT2D eigenvalue weighted by molar-refractivity contribution is 5.79. The van der Waals surface area contributed by atoms with Crippen LogP contribution in [0.2, 0.25) is 0 Å². The molecule has 17 heavy (non-hydrogen) atoms. The van der Waals surface area contributed by atoms with Crippen molar-refractivity contribution in [2.45, 2.75) is 0 Å². The molecule has 0 saturated heterocycles. The van der Waals surface area contributed by atoms with E-state index in [1.807, 2.05) is 30.3 Å². The van der Waals surface area contributed by atoms with E-state index in [2.05, 4.69) is 20.5 Å². The van der Waals surface area contributed by atoms with Crippen molar-refractivity contribution in [3.05, 3.63) is 52.3 Å². The van der Waals surface area contributed by atoms with Crippen LogP contribution >= 0.6 is 0 Å². The monoisotopic (exact) mass is 229 g/mol. The summed E-state index contributed by atoms with van der Waals surface area (Å²) in [6.07, 6.45) is 1.62. The number of hydrogen-bond acceptors (Lipinski definition) is 5. The number of nitrogens with one attached hydrogen (secondary N) is 2. The third-order valence-electron chi connectivity index (χ3n) is 1.95. The van der Waals surface area contributed by atoms with Crippen LogP contribution in [0, 0.1) is 0 Å². The van der Waals surface area contributed by atoms with Gasteiger partial charge in [0.25, 0.3) is 5.56 Å². The Hall–Kier alpha value is -2.63. The SMILES string of the molecule is Nc1nc(NN=Cc2ccccc2)cc(=O)[nH]1. The van der Waals surface area contributed by atoms with Gasteiger partial charge < -0.3 is 5.73 Å². The molecular weight excluding hydrogens is 218 g/mol. The van der Waals surface area contributed by atoms with Crippen LogP contribution in [0.1, 0.15) is 5.56 Å². The van der Waals surface area contributed by atoms with Crippen LogP contribution in [0.3, 0.4) is 0 Å². The number of benzene rings is 1. The Labute approximate surface area is 97.2 Å². The topological polar surface area (TPSA) is 96.2 Å². The number of nitrogens with zero attached hydrogens (tertiary/aromatic N) is 2. The molecule has 0 radical (unpaired) electrons. The van der Waals surface area contributed by atoms with E-state index in [0.29, 0.717) is 5.82 Å². The molecule has 0 aliphatic carbocycles. The average Bonchev–Trinajstić information content (AvgIpc) is 2.29. The maximum absolute atomic E-state index is 11.1. The molecule has 1 heterocycles. The summed E-state index contributed by atoms with van der Waals surface area (Å²) in [5.41, 5.74) is 8.64. The van der Waals surface area contributed by atoms with Gasteiger partial charge in [-0.2, -0.15) is 10.1 Å². The lowest BCUT2D eigenvalue weighted by molar-refractivity contribution is 1.12. The molecule has 0 saturated carbocycles. The molecular formula is C11H11N5O. The molecule has 0 aliphatic rings. The largest absolute Gasteiger partial charge is 0.369 e. The standard InChI is InChI=1S/C11H11N5O/c12-11-14-9(6-10(17)15-11)16-13-7-8-4-2-1-3-5-8/h1-7H,(H4,12,14,15,16,17). The molecule has 0 aliphatic heterocycles. The maximum atomic E-state index is 11.1. The Balaban J connectivity index is 2.07. The van der Waals surface area contributed by atoms with Gasteiger partial charge in [0.05, 0.1) is 6.21 Å². The second kappa shape index (κ2) is 4.93. The van der Waals surface area contributed by atoms with Gasteiger partial charge in [-0.1, -0.05) is 30.3 Å². The molecule has 0 amide bonds. The number of anilines is 2. The predicted octanol–water partition coefficient (Wildman–Crippen LogP) is 0.798. The Morgan fingerprint density at radius 1 is 1.35 bits per heavy atom. The van der Waals surface area contributed by atoms with E-state index >= 15 is 0 Å². The van der Waals surface area contributed by atoms with E-state index in [0.717, 1.165) is 5.56 Å². The smallest absolute Gasteiger partial charge is 0.254 e. The number of aromatic amines is 1. The number of H-pyrrole nitrogens is 1. The quantitative estimate of drug-likeness (QED) is 0.535. The molecule has 1 aromatic carbocycles. The summed E-state index contributed by atoms with van der Waals surface area (Å²) in [4.78, 5) is 17.3. The van der Waals surface area contributed by atoms with Gasteiger partial charge in [-0.25, -0.2) is 0 Å². The lowest BCUT2D eigenvalue weighted by Crippen LogP contribution is -2.11. The van der Waals surface area contributed by atoms with Crippen LogP contribution in [-0.4, -0.2) is 16.2 Å². The predicted molar refractivity (Wildman–Crippen MR) is 66.9 cm³/mol. The number of hydrogen-bond donors (Lipinski definition) is 3. The van der Waals surface area contributed by atoms with Gasteiger partial charge in [0.15, 0.2) is 5.82 Å². The number of nitrogens with two attached hydrogens (primary N) is 1. The van der Waals surface area contributed by atoms with Crippen molar-refractivity contribution in [2.24, 2.45) is 5.10 Å². The van der Waals surface area contributed by atoms with Gasteiger partial charge in [0, 0.05) is 6.07 Å². The molecule has 4 N–H and O–H groups in total. The zero-order chi connectivity index (χ0) is 12.1. The summed E-state index contributed by atoms with van der Waals surface area (Å²) >= 11 is 0. The van der Waals surface area contributed by atoms with E-state index in [-0.39, 0.29) is 11.5 Å². The highest BCUT2D eigenvalue weighted by Crippen LogP contribution is 1.99. The van der Waals surface area contributed by atoms with Crippen molar-refractivity contribution < 1.29 is 0 Å². The molecule has 1 aromatic heterocycles. The van der Waals surface area contributed by atoms with Crippen LogP contribution in [-0.2, 0) is 0 Å². The number of rotatable bonds is 3. The molecule has 6 heteroatoms. The minimum atomic E-state index is -0.324. The van der Waals surface area contributed by atoms with Crippen molar-refractivity contribution in [3.8, 4) is 0 Å². The van der Waals surface area contributed by atoms with Crippen molar-refractivity contribution >= 4 is 18.0 Å². The first-order valence-corrected chi connectivity index (χ1v) is 4.95. The van der Waals surface area contributed by atoms with Crippen LogP contribution in [0.15, 0.2) is 46.3 Å². The molecule has 0 bridgehead atoms. The van der Waals surface area contributed by atoms with E-state index in [4.69, 9.17) is 5.73 Å². The normalized spacial score (nSPS) is 10.6. The first-order valence-electron chi connectivity index (χ1n) is 4.95. The van der Waals surface area contributed by atoms with E-state index in [1.54, 1.807) is 6.21 Å². The van der Waals surface area contributed by atoms with E-state index < -0.39 is 0 Å². The number of nitrogen functional groups attached to an aromatic ring is 1. The highest BCUT2D eigenvalue weighted by atomic mass is 16.1. The van der Waals surface area contributed by atoms with Crippen LogP contribution in [0.25, 0.3) is 0 Å². The molecule has 86 valence electrons. The van der Waals surface area contributed by atoms with Crippen molar-refractivity contribution in [2.75, 3.05) is 11.2 Å². The third kappa shape index (κ3) is 3.16. The summed E-state index contributed by atoms with van der Waals surface area (Å²) in [6.45, 7) is 0. The number of aromatic nitrogens is 2. The molecule has 2 rings (SSSR count). The first-order chi connectivity index (χ1) is 8.24. The maximum Gasteiger partial charge on any atom is 0.254 e. The summed E-state index contributed by atoms with van der Waals surface area (Å²) < 4.78 is 0. The fourth-order valence-corrected chi connectivity index (χ4v) is 1.25. The minimum Gasteiger partial charge on any atom is -0.369 e. The van der Waals surface area contributed by atoms with Gasteiger partial charge in [-0.3, -0.25) is 15.2 Å². The van der Waals surface area contributed by atoms with Crippen molar-refractivity contribution in [3.63, 3.8) is 0 Å². The van der Waals surface area contributed by atoms with Gasteiger partial charge in [-0.15, -0.1) is 0 Å². The second-order valence-corrected chi connectivity index (χ2v) is 3.30. The molecule has 6 nitrogen and oxygen atoms in total. The van der Waals surface area contributed by atoms with Crippen LogP contribution in [0.4, 0.5) is 11.8 Å². The van der Waals surface area contributed by atoms with Crippen molar-refractivity contribution in [1.29, 1.82) is 0 Å². The molecule has 0 fully saturated rings. The third-order valence-corrected chi connectivity index (χ3v) is 1.95. The van der Waals surface area contributed by atoms with Gasteiger partial charge >= 0.3 is 0 Å². The summed E-state index contributed by atoms with van der Waals surface area (Å²) in [5, 5.41) is 3.95. The minimum absolute atomic E-state index is 0.0508. The Morgan fingerprint density at radius 2 is 2.12 bits per heavy atom.